The van der Waals surface area contributed by atoms with Crippen LogP contribution in [-0.2, 0) is 11.8 Å². The summed E-state index contributed by atoms with van der Waals surface area (Å²) in [5.74, 6) is -0.316. The lowest BCUT2D eigenvalue weighted by Crippen LogP contribution is -2.23. The van der Waals surface area contributed by atoms with Crippen LogP contribution in [0.1, 0.15) is 6.92 Å². The lowest BCUT2D eigenvalue weighted by Gasteiger charge is -2.08. The molecule has 0 aliphatic rings. The standard InChI is InChI=1S/C15H14N4O5/c1-8(20)23-9-3-4-10-12(7-9)24-15(16-10)18-17-13-11(21)5-6-19(2)14(13)22/h3-7,17,21H,1-2H3,(H,16,18). The second-order valence-electron chi connectivity index (χ2n) is 4.98. The number of aromatic nitrogens is 2. The molecule has 0 saturated carbocycles. The quantitative estimate of drug-likeness (QED) is 0.375. The summed E-state index contributed by atoms with van der Waals surface area (Å²) in [4.78, 5) is 27.0. The molecule has 9 nitrogen and oxygen atoms in total. The number of hydrazine groups is 1. The van der Waals surface area contributed by atoms with Crippen LogP contribution in [-0.4, -0.2) is 20.6 Å². The summed E-state index contributed by atoms with van der Waals surface area (Å²) in [5.41, 5.74) is 5.64. The van der Waals surface area contributed by atoms with E-state index in [1.165, 1.54) is 29.8 Å². The van der Waals surface area contributed by atoms with E-state index >= 15 is 0 Å². The van der Waals surface area contributed by atoms with Crippen molar-refractivity contribution >= 4 is 28.8 Å². The van der Waals surface area contributed by atoms with Crippen LogP contribution < -0.4 is 21.1 Å². The maximum absolute atomic E-state index is 11.9. The molecule has 0 unspecified atom stereocenters. The molecule has 9 heteroatoms. The summed E-state index contributed by atoms with van der Waals surface area (Å²) in [6, 6.07) is 6.19. The SMILES string of the molecule is CC(=O)Oc1ccc2nc(NNc3c(O)ccn(C)c3=O)oc2c1. The van der Waals surface area contributed by atoms with Gasteiger partial charge in [0.2, 0.25) is 0 Å². The van der Waals surface area contributed by atoms with Crippen LogP contribution in [0.15, 0.2) is 39.7 Å². The van der Waals surface area contributed by atoms with Crippen molar-refractivity contribution in [1.82, 2.24) is 9.55 Å². The highest BCUT2D eigenvalue weighted by Crippen LogP contribution is 2.24. The van der Waals surface area contributed by atoms with Gasteiger partial charge in [0.05, 0.1) is 0 Å². The molecule has 0 saturated heterocycles. The Morgan fingerprint density at radius 2 is 2.12 bits per heavy atom. The van der Waals surface area contributed by atoms with Crippen LogP contribution in [0.25, 0.3) is 11.1 Å². The minimum Gasteiger partial charge on any atom is -0.505 e. The highest BCUT2D eigenvalue weighted by Gasteiger charge is 2.11. The second kappa shape index (κ2) is 5.95. The van der Waals surface area contributed by atoms with Crippen molar-refractivity contribution in [2.75, 3.05) is 10.9 Å². The van der Waals surface area contributed by atoms with E-state index in [0.29, 0.717) is 16.8 Å². The van der Waals surface area contributed by atoms with E-state index in [-0.39, 0.29) is 17.5 Å². The third-order valence-corrected chi connectivity index (χ3v) is 3.16. The van der Waals surface area contributed by atoms with Gasteiger partial charge in [0, 0.05) is 26.2 Å². The molecule has 24 heavy (non-hydrogen) atoms. The first-order valence-electron chi connectivity index (χ1n) is 6.93. The first kappa shape index (κ1) is 15.4. The average molecular weight is 330 g/mol. The van der Waals surface area contributed by atoms with Gasteiger partial charge in [-0.25, -0.2) is 0 Å². The molecule has 0 bridgehead atoms. The average Bonchev–Trinajstić information content (AvgIpc) is 2.92. The van der Waals surface area contributed by atoms with Crippen LogP contribution in [0.5, 0.6) is 11.5 Å². The number of esters is 1. The Morgan fingerprint density at radius 1 is 1.33 bits per heavy atom. The van der Waals surface area contributed by atoms with Crippen LogP contribution >= 0.6 is 0 Å². The smallest absolute Gasteiger partial charge is 0.314 e. The zero-order chi connectivity index (χ0) is 17.3. The fourth-order valence-electron chi connectivity index (χ4n) is 2.04. The van der Waals surface area contributed by atoms with Gasteiger partial charge in [-0.05, 0) is 18.2 Å². The molecule has 2 aromatic heterocycles. The normalized spacial score (nSPS) is 10.6. The first-order chi connectivity index (χ1) is 11.4. The number of nitrogens with zero attached hydrogens (tertiary/aromatic N) is 2. The number of oxazole rings is 1. The Kier molecular flexibility index (Phi) is 3.82. The Labute approximate surface area is 135 Å². The number of hydrogen-bond donors (Lipinski definition) is 3. The molecule has 0 aliphatic carbocycles. The van der Waals surface area contributed by atoms with Gasteiger partial charge in [0.15, 0.2) is 11.3 Å². The Hall–Kier alpha value is -3.49. The van der Waals surface area contributed by atoms with Gasteiger partial charge in [-0.2, -0.15) is 4.98 Å². The fraction of sp³-hybridized carbons (Fsp3) is 0.133. The minimum absolute atomic E-state index is 0.0390. The van der Waals surface area contributed by atoms with Crippen molar-refractivity contribution in [3.63, 3.8) is 0 Å². The molecule has 2 heterocycles. The Balaban J connectivity index is 1.82. The zero-order valence-electron chi connectivity index (χ0n) is 12.9. The number of carbonyl (C=O) groups is 1. The van der Waals surface area contributed by atoms with E-state index in [2.05, 4.69) is 15.8 Å². The highest BCUT2D eigenvalue weighted by atomic mass is 16.5. The number of carbonyl (C=O) groups excluding carboxylic acids is 1. The summed E-state index contributed by atoms with van der Waals surface area (Å²) in [7, 11) is 1.56. The number of anilines is 2. The maximum Gasteiger partial charge on any atom is 0.314 e. The van der Waals surface area contributed by atoms with Gasteiger partial charge in [0.1, 0.15) is 17.0 Å². The van der Waals surface area contributed by atoms with Crippen molar-refractivity contribution in [3.8, 4) is 11.5 Å². The molecule has 0 atom stereocenters. The summed E-state index contributed by atoms with van der Waals surface area (Å²) in [5, 5.41) is 9.74. The van der Waals surface area contributed by atoms with E-state index in [0.717, 1.165) is 0 Å². The third-order valence-electron chi connectivity index (χ3n) is 3.16. The number of aromatic hydroxyl groups is 1. The van der Waals surface area contributed by atoms with E-state index in [9.17, 15) is 14.7 Å². The molecule has 3 aromatic rings. The second-order valence-corrected chi connectivity index (χ2v) is 4.98. The summed E-state index contributed by atoms with van der Waals surface area (Å²) in [6.45, 7) is 1.30. The number of benzene rings is 1. The van der Waals surface area contributed by atoms with Crippen LogP contribution in [0.4, 0.5) is 11.7 Å². The van der Waals surface area contributed by atoms with Crippen molar-refractivity contribution in [1.29, 1.82) is 0 Å². The number of rotatable bonds is 4. The van der Waals surface area contributed by atoms with Gasteiger partial charge in [-0.1, -0.05) is 0 Å². The number of aryl methyl sites for hydroxylation is 1. The van der Waals surface area contributed by atoms with Crippen molar-refractivity contribution < 1.29 is 19.1 Å². The first-order valence-corrected chi connectivity index (χ1v) is 6.93. The Bertz CT molecular complexity index is 976. The predicted octanol–water partition coefficient (Wildman–Crippen LogP) is 1.60. The predicted molar refractivity (Wildman–Crippen MR) is 85.9 cm³/mol. The molecule has 0 radical (unpaired) electrons. The maximum atomic E-state index is 11.9. The van der Waals surface area contributed by atoms with Crippen LogP contribution in [0, 0.1) is 0 Å². The lowest BCUT2D eigenvalue weighted by atomic mass is 10.3. The van der Waals surface area contributed by atoms with E-state index in [4.69, 9.17) is 9.15 Å². The number of hydrogen-bond acceptors (Lipinski definition) is 8. The van der Waals surface area contributed by atoms with E-state index in [1.807, 2.05) is 0 Å². The van der Waals surface area contributed by atoms with E-state index in [1.54, 1.807) is 19.2 Å². The van der Waals surface area contributed by atoms with Crippen LogP contribution in [0.3, 0.4) is 0 Å². The Morgan fingerprint density at radius 3 is 2.88 bits per heavy atom. The molecular formula is C15H14N4O5. The molecule has 1 aromatic carbocycles. The monoisotopic (exact) mass is 330 g/mol. The topological polar surface area (TPSA) is 119 Å². The molecule has 3 rings (SSSR count). The largest absolute Gasteiger partial charge is 0.505 e. The summed E-state index contributed by atoms with van der Waals surface area (Å²) < 4.78 is 11.7. The van der Waals surface area contributed by atoms with Crippen LogP contribution in [0.2, 0.25) is 0 Å². The highest BCUT2D eigenvalue weighted by molar-refractivity contribution is 5.78. The lowest BCUT2D eigenvalue weighted by molar-refractivity contribution is -0.131. The van der Waals surface area contributed by atoms with Crippen molar-refractivity contribution in [2.24, 2.45) is 7.05 Å². The van der Waals surface area contributed by atoms with Gasteiger partial charge in [-0.15, -0.1) is 0 Å². The summed E-state index contributed by atoms with van der Waals surface area (Å²) >= 11 is 0. The fourth-order valence-corrected chi connectivity index (χ4v) is 2.04. The molecule has 0 amide bonds. The van der Waals surface area contributed by atoms with E-state index < -0.39 is 11.5 Å². The molecule has 124 valence electrons. The van der Waals surface area contributed by atoms with Gasteiger partial charge >= 0.3 is 12.0 Å². The molecular weight excluding hydrogens is 316 g/mol. The van der Waals surface area contributed by atoms with Gasteiger partial charge < -0.3 is 18.8 Å². The molecule has 0 aliphatic heterocycles. The van der Waals surface area contributed by atoms with Crippen molar-refractivity contribution in [3.05, 3.63) is 40.8 Å². The summed E-state index contributed by atoms with van der Waals surface area (Å²) in [6.07, 6.45) is 1.44. The molecule has 3 N–H and O–H groups in total. The van der Waals surface area contributed by atoms with Gasteiger partial charge in [0.25, 0.3) is 5.56 Å². The number of nitrogens with one attached hydrogen (secondary N) is 2. The van der Waals surface area contributed by atoms with Gasteiger partial charge in [-0.3, -0.25) is 20.4 Å². The number of pyridine rings is 1. The number of ether oxygens (including phenoxy) is 1. The molecule has 0 spiro atoms. The molecule has 0 fully saturated rings. The third kappa shape index (κ3) is 3.00. The zero-order valence-corrected chi connectivity index (χ0v) is 12.9. The minimum atomic E-state index is -0.440. The van der Waals surface area contributed by atoms with Crippen molar-refractivity contribution in [2.45, 2.75) is 6.92 Å². The number of fused-ring (bicyclic) bond motifs is 1.